The number of carbonyl (C=O) groups excluding carboxylic acids is 1. The number of benzene rings is 2. The van der Waals surface area contributed by atoms with Crippen molar-refractivity contribution in [3.05, 3.63) is 88.1 Å². The van der Waals surface area contributed by atoms with Crippen LogP contribution in [-0.2, 0) is 11.3 Å². The number of amides is 1. The molecule has 140 valence electrons. The standard InChI is InChI=1S/C22H24N2O2S/c1-24(15-20-9-6-14-27-20)16-21(25)23-22(17-7-4-3-5-8-17)18-10-12-19(26-2)13-11-18/h3-14,22H,15-16H2,1-2H3,(H,23,25)/p+1/t22-/m0/s1. The van der Waals surface area contributed by atoms with Crippen molar-refractivity contribution in [2.75, 3.05) is 20.7 Å². The Balaban J connectivity index is 1.71. The van der Waals surface area contributed by atoms with Crippen molar-refractivity contribution < 1.29 is 14.4 Å². The molecule has 1 aromatic heterocycles. The average molecular weight is 382 g/mol. The van der Waals surface area contributed by atoms with Gasteiger partial charge in [0.25, 0.3) is 5.91 Å². The zero-order valence-electron chi connectivity index (χ0n) is 15.6. The predicted molar refractivity (Wildman–Crippen MR) is 109 cm³/mol. The molecule has 3 aromatic rings. The molecule has 0 saturated heterocycles. The van der Waals surface area contributed by atoms with Crippen LogP contribution < -0.4 is 15.0 Å². The zero-order valence-corrected chi connectivity index (χ0v) is 16.5. The number of hydrogen-bond acceptors (Lipinski definition) is 3. The predicted octanol–water partition coefficient (Wildman–Crippen LogP) is 2.68. The lowest BCUT2D eigenvalue weighted by molar-refractivity contribution is -0.885. The molecular formula is C22H25N2O2S+. The molecule has 5 heteroatoms. The lowest BCUT2D eigenvalue weighted by Gasteiger charge is -2.21. The first-order valence-electron chi connectivity index (χ1n) is 8.97. The van der Waals surface area contributed by atoms with Crippen molar-refractivity contribution in [1.82, 2.24) is 5.32 Å². The van der Waals surface area contributed by atoms with Gasteiger partial charge in [-0.25, -0.2) is 0 Å². The van der Waals surface area contributed by atoms with Gasteiger partial charge in [-0.2, -0.15) is 0 Å². The Morgan fingerprint density at radius 1 is 1.04 bits per heavy atom. The van der Waals surface area contributed by atoms with Gasteiger partial charge in [0.1, 0.15) is 12.3 Å². The monoisotopic (exact) mass is 381 g/mol. The molecule has 2 aromatic carbocycles. The van der Waals surface area contributed by atoms with E-state index < -0.39 is 0 Å². The fourth-order valence-corrected chi connectivity index (χ4v) is 3.88. The maximum absolute atomic E-state index is 12.7. The Labute approximate surface area is 164 Å². The minimum atomic E-state index is -0.181. The maximum atomic E-state index is 12.7. The van der Waals surface area contributed by atoms with Gasteiger partial charge in [0, 0.05) is 0 Å². The normalized spacial score (nSPS) is 13.0. The van der Waals surface area contributed by atoms with E-state index in [-0.39, 0.29) is 11.9 Å². The van der Waals surface area contributed by atoms with Crippen LogP contribution in [0.3, 0.4) is 0 Å². The number of nitrogens with one attached hydrogen (secondary N) is 2. The van der Waals surface area contributed by atoms with E-state index in [2.05, 4.69) is 16.8 Å². The van der Waals surface area contributed by atoms with Crippen LogP contribution in [0.15, 0.2) is 72.1 Å². The average Bonchev–Trinajstić information content (AvgIpc) is 3.19. The lowest BCUT2D eigenvalue weighted by Crippen LogP contribution is -3.08. The largest absolute Gasteiger partial charge is 0.497 e. The first-order valence-corrected chi connectivity index (χ1v) is 9.85. The summed E-state index contributed by atoms with van der Waals surface area (Å²) in [6.45, 7) is 1.28. The third-order valence-electron chi connectivity index (χ3n) is 4.41. The van der Waals surface area contributed by atoms with Gasteiger partial charge in [-0.3, -0.25) is 4.79 Å². The minimum absolute atomic E-state index is 0.0359. The third-order valence-corrected chi connectivity index (χ3v) is 5.28. The van der Waals surface area contributed by atoms with Crippen molar-refractivity contribution in [1.29, 1.82) is 0 Å². The Hall–Kier alpha value is -2.63. The minimum Gasteiger partial charge on any atom is -0.497 e. The highest BCUT2D eigenvalue weighted by molar-refractivity contribution is 7.09. The molecular weight excluding hydrogens is 356 g/mol. The molecule has 3 rings (SSSR count). The second kappa shape index (κ2) is 9.35. The van der Waals surface area contributed by atoms with Gasteiger partial charge < -0.3 is 15.0 Å². The topological polar surface area (TPSA) is 42.8 Å². The van der Waals surface area contributed by atoms with Crippen LogP contribution >= 0.6 is 11.3 Å². The first-order chi connectivity index (χ1) is 13.2. The van der Waals surface area contributed by atoms with Crippen LogP contribution in [0.1, 0.15) is 22.0 Å². The number of thiophene rings is 1. The van der Waals surface area contributed by atoms with Crippen LogP contribution in [0.25, 0.3) is 0 Å². The van der Waals surface area contributed by atoms with Crippen LogP contribution in [0.4, 0.5) is 0 Å². The molecule has 4 nitrogen and oxygen atoms in total. The quantitative estimate of drug-likeness (QED) is 0.630. The molecule has 0 radical (unpaired) electrons. The molecule has 0 aliphatic carbocycles. The van der Waals surface area contributed by atoms with Gasteiger partial charge in [-0.05, 0) is 34.7 Å². The van der Waals surface area contributed by atoms with Gasteiger partial charge in [-0.1, -0.05) is 48.5 Å². The third kappa shape index (κ3) is 5.42. The second-order valence-electron chi connectivity index (χ2n) is 6.57. The Morgan fingerprint density at radius 2 is 1.74 bits per heavy atom. The second-order valence-corrected chi connectivity index (χ2v) is 7.61. The summed E-state index contributed by atoms with van der Waals surface area (Å²) in [5.41, 5.74) is 2.10. The summed E-state index contributed by atoms with van der Waals surface area (Å²) in [4.78, 5) is 15.2. The van der Waals surface area contributed by atoms with Gasteiger partial charge in [0.15, 0.2) is 6.54 Å². The van der Waals surface area contributed by atoms with Crippen molar-refractivity contribution in [3.8, 4) is 5.75 Å². The Kier molecular flexibility index (Phi) is 6.63. The van der Waals surface area contributed by atoms with E-state index in [9.17, 15) is 4.79 Å². The summed E-state index contributed by atoms with van der Waals surface area (Å²) in [7, 11) is 3.70. The van der Waals surface area contributed by atoms with E-state index in [1.807, 2.05) is 67.7 Å². The highest BCUT2D eigenvalue weighted by Gasteiger charge is 2.19. The smallest absolute Gasteiger partial charge is 0.275 e. The molecule has 27 heavy (non-hydrogen) atoms. The fourth-order valence-electron chi connectivity index (χ4n) is 3.06. The number of hydrogen-bond donors (Lipinski definition) is 2. The van der Waals surface area contributed by atoms with E-state index in [4.69, 9.17) is 4.74 Å². The Morgan fingerprint density at radius 3 is 2.37 bits per heavy atom. The molecule has 2 atom stereocenters. The summed E-state index contributed by atoms with van der Waals surface area (Å²) in [6, 6.07) is 21.9. The number of carbonyl (C=O) groups is 1. The SMILES string of the molecule is COc1ccc([C@@H](NC(=O)C[NH+](C)Cc2cccs2)c2ccccc2)cc1. The van der Waals surface area contributed by atoms with Crippen molar-refractivity contribution >= 4 is 17.2 Å². The maximum Gasteiger partial charge on any atom is 0.275 e. The summed E-state index contributed by atoms with van der Waals surface area (Å²) in [6.07, 6.45) is 0. The van der Waals surface area contributed by atoms with Crippen LogP contribution in [0.5, 0.6) is 5.75 Å². The van der Waals surface area contributed by atoms with E-state index in [0.29, 0.717) is 6.54 Å². The molecule has 2 N–H and O–H groups in total. The van der Waals surface area contributed by atoms with Gasteiger partial charge >= 0.3 is 0 Å². The molecule has 0 aliphatic heterocycles. The molecule has 1 unspecified atom stereocenters. The summed E-state index contributed by atoms with van der Waals surface area (Å²) in [5, 5.41) is 5.27. The highest BCUT2D eigenvalue weighted by Crippen LogP contribution is 2.24. The Bertz CT molecular complexity index is 833. The number of rotatable bonds is 8. The molecule has 0 aliphatic rings. The van der Waals surface area contributed by atoms with Gasteiger partial charge in [-0.15, -0.1) is 11.3 Å². The first kappa shape index (κ1) is 19.1. The summed E-state index contributed by atoms with van der Waals surface area (Å²) < 4.78 is 5.25. The molecule has 0 spiro atoms. The molecule has 1 heterocycles. The lowest BCUT2D eigenvalue weighted by atomic mass is 9.98. The van der Waals surface area contributed by atoms with E-state index in [1.54, 1.807) is 18.4 Å². The van der Waals surface area contributed by atoms with E-state index in [1.165, 1.54) is 4.88 Å². The van der Waals surface area contributed by atoms with Crippen LogP contribution in [-0.4, -0.2) is 26.6 Å². The number of likely N-dealkylation sites (N-methyl/N-ethyl adjacent to an activating group) is 1. The zero-order chi connectivity index (χ0) is 19.1. The number of ether oxygens (including phenoxy) is 1. The van der Waals surface area contributed by atoms with Crippen molar-refractivity contribution in [3.63, 3.8) is 0 Å². The van der Waals surface area contributed by atoms with E-state index >= 15 is 0 Å². The van der Waals surface area contributed by atoms with Crippen LogP contribution in [0.2, 0.25) is 0 Å². The molecule has 0 saturated carbocycles. The van der Waals surface area contributed by atoms with Gasteiger partial charge in [0.2, 0.25) is 0 Å². The molecule has 0 bridgehead atoms. The van der Waals surface area contributed by atoms with Gasteiger partial charge in [0.05, 0.1) is 25.1 Å². The molecule has 0 fully saturated rings. The van der Waals surface area contributed by atoms with Crippen molar-refractivity contribution in [2.24, 2.45) is 0 Å². The highest BCUT2D eigenvalue weighted by atomic mass is 32.1. The van der Waals surface area contributed by atoms with Crippen LogP contribution in [0, 0.1) is 0 Å². The number of quaternary nitrogens is 1. The fraction of sp³-hybridized carbons (Fsp3) is 0.227. The van der Waals surface area contributed by atoms with E-state index in [0.717, 1.165) is 28.3 Å². The molecule has 1 amide bonds. The summed E-state index contributed by atoms with van der Waals surface area (Å²) >= 11 is 1.73. The van der Waals surface area contributed by atoms with Crippen molar-refractivity contribution in [2.45, 2.75) is 12.6 Å². The summed E-state index contributed by atoms with van der Waals surface area (Å²) in [5.74, 6) is 0.839. The number of methoxy groups -OCH3 is 1.